The first-order valence-electron chi connectivity index (χ1n) is 7.01. The van der Waals surface area contributed by atoms with Gasteiger partial charge in [0.05, 0.1) is 5.69 Å². The highest BCUT2D eigenvalue weighted by Gasteiger charge is 2.18. The average Bonchev–Trinajstić information content (AvgIpc) is 2.84. The largest absolute Gasteiger partial charge is 0.309 e. The first-order chi connectivity index (χ1) is 9.15. The van der Waals surface area contributed by atoms with Gasteiger partial charge in [0.25, 0.3) is 5.56 Å². The van der Waals surface area contributed by atoms with Crippen molar-refractivity contribution in [3.05, 3.63) is 33.9 Å². The number of H-pyrrole nitrogens is 1. The van der Waals surface area contributed by atoms with E-state index in [2.05, 4.69) is 29.2 Å². The Morgan fingerprint density at radius 3 is 2.89 bits per heavy atom. The van der Waals surface area contributed by atoms with E-state index in [1.807, 2.05) is 6.07 Å². The minimum Gasteiger partial charge on any atom is -0.309 e. The van der Waals surface area contributed by atoms with E-state index in [-0.39, 0.29) is 11.6 Å². The molecule has 2 aromatic rings. The number of piperidine rings is 1. The second-order valence-corrected chi connectivity index (χ2v) is 5.58. The van der Waals surface area contributed by atoms with Crippen molar-refractivity contribution in [2.45, 2.75) is 45.1 Å². The van der Waals surface area contributed by atoms with Crippen LogP contribution in [0.3, 0.4) is 0 Å². The summed E-state index contributed by atoms with van der Waals surface area (Å²) in [6.45, 7) is 5.20. The highest BCUT2D eigenvalue weighted by atomic mass is 16.1. The fourth-order valence-corrected chi connectivity index (χ4v) is 2.61. The summed E-state index contributed by atoms with van der Waals surface area (Å²) in [5.41, 5.74) is 2.61. The van der Waals surface area contributed by atoms with Crippen LogP contribution in [0.2, 0.25) is 0 Å². The molecule has 5 nitrogen and oxygen atoms in total. The monoisotopic (exact) mass is 260 g/mol. The number of hydrogen-bond acceptors (Lipinski definition) is 3. The molecule has 2 aromatic heterocycles. The van der Waals surface area contributed by atoms with Crippen molar-refractivity contribution in [3.63, 3.8) is 0 Å². The molecule has 5 heteroatoms. The highest BCUT2D eigenvalue weighted by molar-refractivity contribution is 5.41. The van der Waals surface area contributed by atoms with Gasteiger partial charge in [0.15, 0.2) is 5.65 Å². The van der Waals surface area contributed by atoms with Crippen LogP contribution >= 0.6 is 0 Å². The number of aromatic nitrogens is 3. The van der Waals surface area contributed by atoms with E-state index in [0.717, 1.165) is 30.0 Å². The molecule has 1 aliphatic rings. The Hall–Kier alpha value is -1.62. The van der Waals surface area contributed by atoms with Crippen LogP contribution in [0.25, 0.3) is 5.65 Å². The van der Waals surface area contributed by atoms with Gasteiger partial charge in [-0.2, -0.15) is 0 Å². The number of rotatable bonds is 2. The van der Waals surface area contributed by atoms with Gasteiger partial charge in [0, 0.05) is 23.9 Å². The van der Waals surface area contributed by atoms with Crippen molar-refractivity contribution < 1.29 is 0 Å². The average molecular weight is 260 g/mol. The van der Waals surface area contributed by atoms with Crippen molar-refractivity contribution in [2.75, 3.05) is 6.54 Å². The number of fused-ring (bicyclic) bond motifs is 1. The van der Waals surface area contributed by atoms with Gasteiger partial charge in [-0.1, -0.05) is 20.3 Å². The molecule has 1 unspecified atom stereocenters. The number of nitrogens with zero attached hydrogens (tertiary/aromatic N) is 2. The van der Waals surface area contributed by atoms with Gasteiger partial charge in [-0.3, -0.25) is 9.89 Å². The minimum absolute atomic E-state index is 0.0285. The van der Waals surface area contributed by atoms with Crippen LogP contribution in [-0.4, -0.2) is 21.1 Å². The van der Waals surface area contributed by atoms with E-state index >= 15 is 0 Å². The maximum Gasteiger partial charge on any atom is 0.272 e. The zero-order valence-electron chi connectivity index (χ0n) is 11.4. The van der Waals surface area contributed by atoms with Gasteiger partial charge in [-0.25, -0.2) is 9.50 Å². The Morgan fingerprint density at radius 2 is 2.21 bits per heavy atom. The first kappa shape index (κ1) is 12.4. The summed E-state index contributed by atoms with van der Waals surface area (Å²) in [5, 5.41) is 6.55. The summed E-state index contributed by atoms with van der Waals surface area (Å²) in [6.07, 6.45) is 3.46. The third kappa shape index (κ3) is 2.30. The zero-order valence-corrected chi connectivity index (χ0v) is 11.4. The maximum atomic E-state index is 12.1. The zero-order chi connectivity index (χ0) is 13.4. The Kier molecular flexibility index (Phi) is 3.14. The Bertz CT molecular complexity index is 634. The molecule has 102 valence electrons. The molecule has 2 N–H and O–H groups in total. The molecule has 0 aromatic carbocycles. The molecule has 1 aliphatic heterocycles. The van der Waals surface area contributed by atoms with E-state index in [4.69, 9.17) is 0 Å². The molecule has 1 fully saturated rings. The van der Waals surface area contributed by atoms with Crippen LogP contribution in [0.1, 0.15) is 56.5 Å². The lowest BCUT2D eigenvalue weighted by atomic mass is 10.0. The van der Waals surface area contributed by atoms with Gasteiger partial charge >= 0.3 is 0 Å². The minimum atomic E-state index is -0.0285. The SMILES string of the molecule is CC(C)c1cc2nc(C3CCCCN3)cc(=O)n2[nH]1. The van der Waals surface area contributed by atoms with Gasteiger partial charge in [0.1, 0.15) is 0 Å². The maximum absolute atomic E-state index is 12.1. The second-order valence-electron chi connectivity index (χ2n) is 5.58. The summed E-state index contributed by atoms with van der Waals surface area (Å²) >= 11 is 0. The standard InChI is InChI=1S/C14H20N4O/c1-9(2)11-7-13-16-12(8-14(19)18(13)17-11)10-5-3-4-6-15-10/h7-10,15,17H,3-6H2,1-2H3. The second kappa shape index (κ2) is 4.81. The lowest BCUT2D eigenvalue weighted by Crippen LogP contribution is -2.29. The van der Waals surface area contributed by atoms with Crippen LogP contribution in [0.4, 0.5) is 0 Å². The van der Waals surface area contributed by atoms with Gasteiger partial charge in [0.2, 0.25) is 0 Å². The van der Waals surface area contributed by atoms with E-state index in [1.54, 1.807) is 6.07 Å². The predicted molar refractivity (Wildman–Crippen MR) is 74.5 cm³/mol. The molecule has 0 radical (unpaired) electrons. The van der Waals surface area contributed by atoms with Crippen molar-refractivity contribution in [1.82, 2.24) is 19.9 Å². The van der Waals surface area contributed by atoms with Crippen LogP contribution in [0.5, 0.6) is 0 Å². The van der Waals surface area contributed by atoms with Crippen molar-refractivity contribution in [1.29, 1.82) is 0 Å². The number of nitrogens with one attached hydrogen (secondary N) is 2. The molecular formula is C14H20N4O. The van der Waals surface area contributed by atoms with Crippen molar-refractivity contribution >= 4 is 5.65 Å². The third-order valence-electron chi connectivity index (χ3n) is 3.78. The fourth-order valence-electron chi connectivity index (χ4n) is 2.61. The molecule has 19 heavy (non-hydrogen) atoms. The highest BCUT2D eigenvalue weighted by Crippen LogP contribution is 2.21. The number of hydrogen-bond donors (Lipinski definition) is 2. The normalized spacial score (nSPS) is 20.3. The molecule has 0 bridgehead atoms. The number of aromatic amines is 1. The molecule has 0 spiro atoms. The molecule has 1 atom stereocenters. The Balaban J connectivity index is 2.05. The summed E-state index contributed by atoms with van der Waals surface area (Å²) in [4.78, 5) is 16.8. The van der Waals surface area contributed by atoms with Gasteiger partial charge in [-0.15, -0.1) is 0 Å². The van der Waals surface area contributed by atoms with E-state index in [0.29, 0.717) is 5.92 Å². The van der Waals surface area contributed by atoms with E-state index in [9.17, 15) is 4.79 Å². The topological polar surface area (TPSA) is 62.2 Å². The third-order valence-corrected chi connectivity index (χ3v) is 3.78. The fraction of sp³-hybridized carbons (Fsp3) is 0.571. The lowest BCUT2D eigenvalue weighted by molar-refractivity contribution is 0.405. The van der Waals surface area contributed by atoms with Crippen LogP contribution < -0.4 is 10.9 Å². The summed E-state index contributed by atoms with van der Waals surface area (Å²) in [5.74, 6) is 0.359. The molecule has 0 amide bonds. The van der Waals surface area contributed by atoms with Crippen LogP contribution in [0.15, 0.2) is 16.9 Å². The van der Waals surface area contributed by atoms with Crippen molar-refractivity contribution in [3.8, 4) is 0 Å². The predicted octanol–water partition coefficient (Wildman–Crippen LogP) is 1.96. The molecule has 0 aliphatic carbocycles. The van der Waals surface area contributed by atoms with Gasteiger partial charge in [-0.05, 0) is 25.3 Å². The van der Waals surface area contributed by atoms with Crippen molar-refractivity contribution in [2.24, 2.45) is 0 Å². The smallest absolute Gasteiger partial charge is 0.272 e. The van der Waals surface area contributed by atoms with Crippen LogP contribution in [-0.2, 0) is 0 Å². The quantitative estimate of drug-likeness (QED) is 0.867. The Morgan fingerprint density at radius 1 is 1.37 bits per heavy atom. The molecule has 0 saturated carbocycles. The molecule has 1 saturated heterocycles. The lowest BCUT2D eigenvalue weighted by Gasteiger charge is -2.22. The summed E-state index contributed by atoms with van der Waals surface area (Å²) in [6, 6.07) is 3.85. The van der Waals surface area contributed by atoms with E-state index < -0.39 is 0 Å². The van der Waals surface area contributed by atoms with E-state index in [1.165, 1.54) is 17.4 Å². The molecular weight excluding hydrogens is 240 g/mol. The summed E-state index contributed by atoms with van der Waals surface area (Å²) < 4.78 is 1.53. The molecule has 3 heterocycles. The molecule has 3 rings (SSSR count). The first-order valence-corrected chi connectivity index (χ1v) is 7.01. The summed E-state index contributed by atoms with van der Waals surface area (Å²) in [7, 11) is 0. The van der Waals surface area contributed by atoms with Gasteiger partial charge < -0.3 is 5.32 Å². The van der Waals surface area contributed by atoms with Crippen LogP contribution in [0, 0.1) is 0 Å². The Labute approximate surface area is 112 Å².